The molecule has 1 unspecified atom stereocenters. The second kappa shape index (κ2) is 10.9. The van der Waals surface area contributed by atoms with E-state index in [4.69, 9.17) is 4.99 Å². The summed E-state index contributed by atoms with van der Waals surface area (Å²) in [4.78, 5) is 11.1. The zero-order valence-electron chi connectivity index (χ0n) is 18.4. The number of nitrogens with one attached hydrogen (secondary N) is 1. The number of hydrogen-bond donors (Lipinski definition) is 1. The zero-order valence-corrected chi connectivity index (χ0v) is 18.4. The Hall–Kier alpha value is -2.69. The van der Waals surface area contributed by atoms with Crippen molar-refractivity contribution in [1.29, 1.82) is 0 Å². The van der Waals surface area contributed by atoms with Gasteiger partial charge in [0, 0.05) is 43.7 Å². The second-order valence-electron chi connectivity index (χ2n) is 7.99. The monoisotopic (exact) mass is 408 g/mol. The van der Waals surface area contributed by atoms with Gasteiger partial charge in [-0.3, -0.25) is 9.98 Å². The molecule has 160 valence electrons. The fourth-order valence-corrected chi connectivity index (χ4v) is 4.01. The van der Waals surface area contributed by atoms with Gasteiger partial charge in [0.1, 0.15) is 5.82 Å². The Morgan fingerprint density at radius 3 is 2.47 bits per heavy atom. The summed E-state index contributed by atoms with van der Waals surface area (Å²) in [5, 5.41) is 3.54. The third-order valence-electron chi connectivity index (χ3n) is 5.76. The van der Waals surface area contributed by atoms with Crippen LogP contribution in [0.3, 0.4) is 0 Å². The maximum Gasteiger partial charge on any atom is 0.198 e. The molecule has 1 aromatic carbocycles. The first-order valence-corrected chi connectivity index (χ1v) is 11.0. The van der Waals surface area contributed by atoms with Gasteiger partial charge in [-0.2, -0.15) is 0 Å². The van der Waals surface area contributed by atoms with Crippen LogP contribution in [0.25, 0.3) is 11.3 Å². The topological polar surface area (TPSA) is 40.5 Å². The molecule has 0 saturated heterocycles. The molecular formula is C25H33FN4. The lowest BCUT2D eigenvalue weighted by atomic mass is 9.95. The largest absolute Gasteiger partial charge is 0.341 e. The van der Waals surface area contributed by atoms with E-state index in [0.717, 1.165) is 47.2 Å². The normalized spacial score (nSPS) is 16.7. The fraction of sp³-hybridized carbons (Fsp3) is 0.440. The predicted molar refractivity (Wildman–Crippen MR) is 123 cm³/mol. The highest BCUT2D eigenvalue weighted by atomic mass is 19.1. The van der Waals surface area contributed by atoms with E-state index in [9.17, 15) is 4.39 Å². The Balaban J connectivity index is 1.81. The van der Waals surface area contributed by atoms with Crippen molar-refractivity contribution in [3.63, 3.8) is 0 Å². The van der Waals surface area contributed by atoms with Gasteiger partial charge in [0.25, 0.3) is 0 Å². The molecule has 1 aromatic heterocycles. The number of aromatic nitrogens is 1. The lowest BCUT2D eigenvalue weighted by molar-refractivity contribution is 0.421. The molecule has 1 atom stereocenters. The van der Waals surface area contributed by atoms with Gasteiger partial charge in [0.15, 0.2) is 5.96 Å². The number of aliphatic imine (C=N–C) groups is 1. The molecule has 0 spiro atoms. The van der Waals surface area contributed by atoms with Crippen molar-refractivity contribution in [2.24, 2.45) is 10.9 Å². The van der Waals surface area contributed by atoms with Gasteiger partial charge in [-0.15, -0.1) is 0 Å². The fourth-order valence-electron chi connectivity index (χ4n) is 4.01. The number of nitrogens with zero attached hydrogens (tertiary/aromatic N) is 3. The number of rotatable bonds is 9. The first-order valence-electron chi connectivity index (χ1n) is 11.0. The van der Waals surface area contributed by atoms with Gasteiger partial charge in [-0.25, -0.2) is 4.39 Å². The number of pyridine rings is 1. The second-order valence-corrected chi connectivity index (χ2v) is 7.99. The van der Waals surface area contributed by atoms with Crippen LogP contribution in [0.1, 0.15) is 57.1 Å². The molecule has 0 radical (unpaired) electrons. The molecule has 4 nitrogen and oxygen atoms in total. The quantitative estimate of drug-likeness (QED) is 0.550. The zero-order chi connectivity index (χ0) is 21.3. The van der Waals surface area contributed by atoms with E-state index in [-0.39, 0.29) is 5.82 Å². The standard InChI is InChI=1S/C25H33FN4/c1-4-7-19(5-2)8-6-15-28-25-29-24(21-13-16-27-17-14-21)23(18-30(25)3)20-9-11-22(26)12-10-20/h9-14,16-17,19H,4-8,15,18H2,1-3H3,(H,28,29). The van der Waals surface area contributed by atoms with Gasteiger partial charge in [-0.1, -0.05) is 45.2 Å². The summed E-state index contributed by atoms with van der Waals surface area (Å²) in [6.45, 7) is 6.08. The summed E-state index contributed by atoms with van der Waals surface area (Å²) in [6, 6.07) is 10.7. The Morgan fingerprint density at radius 2 is 1.80 bits per heavy atom. The minimum absolute atomic E-state index is 0.224. The predicted octanol–water partition coefficient (Wildman–Crippen LogP) is 5.59. The molecule has 2 aromatic rings. The molecular weight excluding hydrogens is 375 g/mol. The maximum absolute atomic E-state index is 13.4. The van der Waals surface area contributed by atoms with E-state index in [2.05, 4.69) is 29.0 Å². The van der Waals surface area contributed by atoms with Crippen LogP contribution in [-0.2, 0) is 0 Å². The van der Waals surface area contributed by atoms with Crippen LogP contribution < -0.4 is 5.32 Å². The summed E-state index contributed by atoms with van der Waals surface area (Å²) in [5.41, 5.74) is 4.20. The van der Waals surface area contributed by atoms with E-state index >= 15 is 0 Å². The third-order valence-corrected chi connectivity index (χ3v) is 5.76. The number of guanidine groups is 1. The molecule has 0 bridgehead atoms. The van der Waals surface area contributed by atoms with Crippen LogP contribution >= 0.6 is 0 Å². The first kappa shape index (κ1) is 22.0. The number of benzene rings is 1. The van der Waals surface area contributed by atoms with Crippen molar-refractivity contribution in [3.05, 3.63) is 65.7 Å². The van der Waals surface area contributed by atoms with Crippen LogP contribution in [0.5, 0.6) is 0 Å². The summed E-state index contributed by atoms with van der Waals surface area (Å²) in [7, 11) is 2.05. The highest BCUT2D eigenvalue weighted by Crippen LogP contribution is 2.28. The Morgan fingerprint density at radius 1 is 1.07 bits per heavy atom. The van der Waals surface area contributed by atoms with Crippen molar-refractivity contribution < 1.29 is 4.39 Å². The van der Waals surface area contributed by atoms with E-state index in [1.807, 2.05) is 31.3 Å². The summed E-state index contributed by atoms with van der Waals surface area (Å²) >= 11 is 0. The van der Waals surface area contributed by atoms with E-state index in [1.165, 1.54) is 37.8 Å². The van der Waals surface area contributed by atoms with Gasteiger partial charge in [0.05, 0.1) is 5.70 Å². The van der Waals surface area contributed by atoms with Crippen molar-refractivity contribution in [1.82, 2.24) is 15.2 Å². The van der Waals surface area contributed by atoms with E-state index in [1.54, 1.807) is 12.4 Å². The van der Waals surface area contributed by atoms with Crippen molar-refractivity contribution in [2.75, 3.05) is 20.1 Å². The molecule has 1 N–H and O–H groups in total. The van der Waals surface area contributed by atoms with Crippen molar-refractivity contribution in [3.8, 4) is 0 Å². The van der Waals surface area contributed by atoms with Crippen LogP contribution in [0.2, 0.25) is 0 Å². The van der Waals surface area contributed by atoms with E-state index < -0.39 is 0 Å². The highest BCUT2D eigenvalue weighted by molar-refractivity contribution is 6.02. The summed E-state index contributed by atoms with van der Waals surface area (Å²) < 4.78 is 13.4. The van der Waals surface area contributed by atoms with Gasteiger partial charge in [0.2, 0.25) is 0 Å². The smallest absolute Gasteiger partial charge is 0.198 e. The van der Waals surface area contributed by atoms with Gasteiger partial charge in [-0.05, 0) is 48.6 Å². The SMILES string of the molecule is CCCC(CC)CCCN=C1NC(c2ccncc2)=C(c2ccc(F)cc2)CN1C. The Labute approximate surface area is 179 Å². The maximum atomic E-state index is 13.4. The Bertz CT molecular complexity index is 858. The highest BCUT2D eigenvalue weighted by Gasteiger charge is 2.23. The van der Waals surface area contributed by atoms with Crippen LogP contribution in [0.4, 0.5) is 4.39 Å². The minimum Gasteiger partial charge on any atom is -0.341 e. The van der Waals surface area contributed by atoms with Gasteiger partial charge < -0.3 is 10.2 Å². The molecule has 30 heavy (non-hydrogen) atoms. The van der Waals surface area contributed by atoms with Crippen LogP contribution in [-0.4, -0.2) is 36.0 Å². The van der Waals surface area contributed by atoms with Crippen LogP contribution in [0, 0.1) is 11.7 Å². The third kappa shape index (κ3) is 5.68. The molecule has 5 heteroatoms. The number of hydrogen-bond acceptors (Lipinski definition) is 2. The Kier molecular flexibility index (Phi) is 8.00. The first-order chi connectivity index (χ1) is 14.6. The van der Waals surface area contributed by atoms with Crippen LogP contribution in [0.15, 0.2) is 53.8 Å². The summed E-state index contributed by atoms with van der Waals surface area (Å²) in [5.74, 6) is 1.47. The molecule has 1 aliphatic heterocycles. The van der Waals surface area contributed by atoms with Crippen molar-refractivity contribution in [2.45, 2.75) is 46.0 Å². The minimum atomic E-state index is -0.224. The van der Waals surface area contributed by atoms with E-state index in [0.29, 0.717) is 6.54 Å². The molecule has 0 aliphatic carbocycles. The molecule has 0 fully saturated rings. The number of likely N-dealkylation sites (N-methyl/N-ethyl adjacent to an activating group) is 1. The summed E-state index contributed by atoms with van der Waals surface area (Å²) in [6.07, 6.45) is 9.73. The van der Waals surface area contributed by atoms with Crippen molar-refractivity contribution >= 4 is 17.2 Å². The lowest BCUT2D eigenvalue weighted by Gasteiger charge is -2.32. The molecule has 0 amide bonds. The number of halogens is 1. The lowest BCUT2D eigenvalue weighted by Crippen LogP contribution is -2.43. The molecule has 3 rings (SSSR count). The molecule has 2 heterocycles. The molecule has 1 aliphatic rings. The molecule has 0 saturated carbocycles. The van der Waals surface area contributed by atoms with Gasteiger partial charge >= 0.3 is 0 Å². The average molecular weight is 409 g/mol. The average Bonchev–Trinajstić information content (AvgIpc) is 2.77.